The lowest BCUT2D eigenvalue weighted by Gasteiger charge is -2.10. The Morgan fingerprint density at radius 3 is 2.60 bits per heavy atom. The number of hydrogen-bond donors (Lipinski definition) is 1. The first-order valence-corrected chi connectivity index (χ1v) is 6.31. The lowest BCUT2D eigenvalue weighted by molar-refractivity contribution is 0.254. The van der Waals surface area contributed by atoms with E-state index in [1.807, 2.05) is 18.2 Å². The van der Waals surface area contributed by atoms with Crippen molar-refractivity contribution in [3.05, 3.63) is 30.3 Å². The maximum absolute atomic E-state index is 9.42. The third kappa shape index (κ3) is 5.73. The molecule has 0 radical (unpaired) electrons. The van der Waals surface area contributed by atoms with Crippen LogP contribution >= 0.6 is 8.60 Å². The van der Waals surface area contributed by atoms with Gasteiger partial charge >= 0.3 is 8.60 Å². The summed E-state index contributed by atoms with van der Waals surface area (Å²) in [5, 5.41) is 0. The van der Waals surface area contributed by atoms with E-state index < -0.39 is 8.60 Å². The summed E-state index contributed by atoms with van der Waals surface area (Å²) in [5.41, 5.74) is 0. The van der Waals surface area contributed by atoms with Crippen molar-refractivity contribution in [2.45, 2.75) is 26.2 Å². The molecule has 0 amide bonds. The van der Waals surface area contributed by atoms with Gasteiger partial charge < -0.3 is 13.9 Å². The van der Waals surface area contributed by atoms with Gasteiger partial charge in [0.2, 0.25) is 0 Å². The molecule has 0 fully saturated rings. The molecule has 0 aliphatic rings. The highest BCUT2D eigenvalue weighted by Gasteiger charge is 2.07. The van der Waals surface area contributed by atoms with Crippen molar-refractivity contribution in [1.82, 2.24) is 0 Å². The minimum absolute atomic E-state index is 0.558. The van der Waals surface area contributed by atoms with E-state index in [0.29, 0.717) is 12.4 Å². The molecule has 15 heavy (non-hydrogen) atoms. The van der Waals surface area contributed by atoms with E-state index in [0.717, 1.165) is 19.3 Å². The lowest BCUT2D eigenvalue weighted by Crippen LogP contribution is -1.94. The quantitative estimate of drug-likeness (QED) is 0.573. The molecule has 0 saturated heterocycles. The van der Waals surface area contributed by atoms with Gasteiger partial charge in [-0.3, -0.25) is 0 Å². The second kappa shape index (κ2) is 7.63. The fourth-order valence-corrected chi connectivity index (χ4v) is 1.73. The summed E-state index contributed by atoms with van der Waals surface area (Å²) in [6.07, 6.45) is 3.23. The van der Waals surface area contributed by atoms with E-state index >= 15 is 0 Å². The zero-order valence-corrected chi connectivity index (χ0v) is 9.82. The number of benzene rings is 1. The Kier molecular flexibility index (Phi) is 6.33. The van der Waals surface area contributed by atoms with E-state index in [-0.39, 0.29) is 0 Å². The van der Waals surface area contributed by atoms with Crippen LogP contribution in [0, 0.1) is 0 Å². The van der Waals surface area contributed by atoms with Crippen molar-refractivity contribution in [3.63, 3.8) is 0 Å². The highest BCUT2D eigenvalue weighted by molar-refractivity contribution is 7.41. The molecule has 4 heteroatoms. The molecule has 1 rings (SSSR count). The Labute approximate surface area is 92.0 Å². The van der Waals surface area contributed by atoms with E-state index in [2.05, 4.69) is 6.92 Å². The van der Waals surface area contributed by atoms with Crippen LogP contribution in [0.4, 0.5) is 0 Å². The van der Waals surface area contributed by atoms with Crippen LogP contribution in [0.15, 0.2) is 30.3 Å². The predicted molar refractivity (Wildman–Crippen MR) is 61.7 cm³/mol. The van der Waals surface area contributed by atoms with Crippen LogP contribution in [0.25, 0.3) is 0 Å². The molecular formula is C11H17O3P. The molecule has 1 N–H and O–H groups in total. The Morgan fingerprint density at radius 2 is 1.93 bits per heavy atom. The molecule has 0 bridgehead atoms. The molecule has 0 heterocycles. The second-order valence-electron chi connectivity index (χ2n) is 3.18. The summed E-state index contributed by atoms with van der Waals surface area (Å²) in [6.45, 7) is 2.69. The van der Waals surface area contributed by atoms with Crippen LogP contribution in [0.1, 0.15) is 26.2 Å². The number of unbranched alkanes of at least 4 members (excludes halogenated alkanes) is 2. The topological polar surface area (TPSA) is 38.7 Å². The summed E-state index contributed by atoms with van der Waals surface area (Å²) in [5.74, 6) is 0.640. The third-order valence-electron chi connectivity index (χ3n) is 1.88. The standard InChI is InChI=1S/C11H17O3P/c1-2-3-7-10-13-15(12)14-11-8-5-4-6-9-11/h4-6,8-9,12H,2-3,7,10H2,1H3. The highest BCUT2D eigenvalue weighted by Crippen LogP contribution is 2.34. The SMILES string of the molecule is CCCCCOP(O)Oc1ccccc1. The predicted octanol–water partition coefficient (Wildman–Crippen LogP) is 3.49. The van der Waals surface area contributed by atoms with Gasteiger partial charge in [-0.25, -0.2) is 0 Å². The van der Waals surface area contributed by atoms with Crippen molar-refractivity contribution >= 4 is 8.60 Å². The van der Waals surface area contributed by atoms with Gasteiger partial charge in [0.25, 0.3) is 0 Å². The lowest BCUT2D eigenvalue weighted by atomic mass is 10.3. The van der Waals surface area contributed by atoms with Crippen molar-refractivity contribution in [2.24, 2.45) is 0 Å². The van der Waals surface area contributed by atoms with Gasteiger partial charge in [0.15, 0.2) is 0 Å². The monoisotopic (exact) mass is 228 g/mol. The first-order valence-electron chi connectivity index (χ1n) is 5.18. The number of para-hydroxylation sites is 1. The molecule has 0 saturated carbocycles. The fraction of sp³-hybridized carbons (Fsp3) is 0.455. The minimum atomic E-state index is -1.77. The summed E-state index contributed by atoms with van der Waals surface area (Å²) in [4.78, 5) is 9.42. The van der Waals surface area contributed by atoms with Crippen LogP contribution in [-0.2, 0) is 4.52 Å². The Hall–Kier alpha value is -0.630. The van der Waals surface area contributed by atoms with E-state index in [9.17, 15) is 4.89 Å². The van der Waals surface area contributed by atoms with Crippen molar-refractivity contribution in [1.29, 1.82) is 0 Å². The molecule has 3 nitrogen and oxygen atoms in total. The molecular weight excluding hydrogens is 211 g/mol. The van der Waals surface area contributed by atoms with E-state index in [1.54, 1.807) is 12.1 Å². The van der Waals surface area contributed by atoms with Crippen molar-refractivity contribution in [3.8, 4) is 5.75 Å². The summed E-state index contributed by atoms with van der Waals surface area (Å²) >= 11 is 0. The Bertz CT molecular complexity index is 253. The zero-order valence-electron chi connectivity index (χ0n) is 8.93. The summed E-state index contributed by atoms with van der Waals surface area (Å²) in [6, 6.07) is 9.20. The average Bonchev–Trinajstić information content (AvgIpc) is 2.26. The maximum Gasteiger partial charge on any atom is 0.394 e. The van der Waals surface area contributed by atoms with E-state index in [1.165, 1.54) is 0 Å². The molecule has 0 aromatic heterocycles. The normalized spacial score (nSPS) is 12.4. The second-order valence-corrected chi connectivity index (χ2v) is 4.10. The third-order valence-corrected chi connectivity index (χ3v) is 2.65. The van der Waals surface area contributed by atoms with Crippen molar-refractivity contribution < 1.29 is 13.9 Å². The van der Waals surface area contributed by atoms with Crippen molar-refractivity contribution in [2.75, 3.05) is 6.61 Å². The van der Waals surface area contributed by atoms with Crippen LogP contribution < -0.4 is 4.52 Å². The van der Waals surface area contributed by atoms with Crippen LogP contribution in [-0.4, -0.2) is 11.5 Å². The number of rotatable bonds is 7. The molecule has 1 aromatic rings. The van der Waals surface area contributed by atoms with Gasteiger partial charge in [-0.1, -0.05) is 38.0 Å². The van der Waals surface area contributed by atoms with Gasteiger partial charge in [-0.05, 0) is 18.6 Å². The first kappa shape index (κ1) is 12.4. The van der Waals surface area contributed by atoms with Gasteiger partial charge in [0, 0.05) is 0 Å². The Balaban J connectivity index is 2.16. The Morgan fingerprint density at radius 1 is 1.20 bits per heavy atom. The van der Waals surface area contributed by atoms with Crippen LogP contribution in [0.2, 0.25) is 0 Å². The van der Waals surface area contributed by atoms with Crippen LogP contribution in [0.3, 0.4) is 0 Å². The van der Waals surface area contributed by atoms with E-state index in [4.69, 9.17) is 9.05 Å². The molecule has 0 aliphatic carbocycles. The van der Waals surface area contributed by atoms with Gasteiger partial charge in [-0.2, -0.15) is 0 Å². The first-order chi connectivity index (χ1) is 7.33. The number of hydrogen-bond acceptors (Lipinski definition) is 3. The average molecular weight is 228 g/mol. The fourth-order valence-electron chi connectivity index (χ4n) is 1.09. The van der Waals surface area contributed by atoms with Gasteiger partial charge in [0.1, 0.15) is 5.75 Å². The van der Waals surface area contributed by atoms with Gasteiger partial charge in [0.05, 0.1) is 6.61 Å². The minimum Gasteiger partial charge on any atom is -0.427 e. The zero-order chi connectivity index (χ0) is 10.9. The smallest absolute Gasteiger partial charge is 0.394 e. The summed E-state index contributed by atoms with van der Waals surface area (Å²) < 4.78 is 10.3. The molecule has 1 unspecified atom stereocenters. The molecule has 1 atom stereocenters. The molecule has 1 aromatic carbocycles. The molecule has 84 valence electrons. The molecule has 0 spiro atoms. The maximum atomic E-state index is 9.42. The van der Waals surface area contributed by atoms with Gasteiger partial charge in [-0.15, -0.1) is 0 Å². The largest absolute Gasteiger partial charge is 0.427 e. The summed E-state index contributed by atoms with van der Waals surface area (Å²) in [7, 11) is -1.77. The van der Waals surface area contributed by atoms with Crippen LogP contribution in [0.5, 0.6) is 5.75 Å². The molecule has 0 aliphatic heterocycles. The highest BCUT2D eigenvalue weighted by atomic mass is 31.2.